The van der Waals surface area contributed by atoms with Crippen molar-refractivity contribution in [3.05, 3.63) is 24.6 Å². The molecule has 12 heavy (non-hydrogen) atoms. The van der Waals surface area contributed by atoms with Crippen LogP contribution in [0.15, 0.2) is 8.95 Å². The SMILES string of the molecule is Cc1c(O)c(Cl)c(Cl)c(Br)c1Br. The first kappa shape index (κ1) is 10.6. The van der Waals surface area contributed by atoms with Crippen molar-refractivity contribution in [3.8, 4) is 5.75 Å². The van der Waals surface area contributed by atoms with Gasteiger partial charge in [0.2, 0.25) is 0 Å². The molecule has 5 heteroatoms. The Bertz CT molecular complexity index is 234. The van der Waals surface area contributed by atoms with E-state index in [1.54, 1.807) is 6.92 Å². The molecule has 1 rings (SSSR count). The fraction of sp³-hybridized carbons (Fsp3) is 0.143. The molecule has 0 unspecified atom stereocenters. The Morgan fingerprint density at radius 2 is 1.58 bits per heavy atom. The quantitative estimate of drug-likeness (QED) is 0.546. The maximum Gasteiger partial charge on any atom is 0.139 e. The Balaban J connectivity index is 3.60. The molecule has 1 aromatic carbocycles. The fourth-order valence-electron chi connectivity index (χ4n) is 0.730. The normalized spacial score (nSPS) is 10.4. The minimum Gasteiger partial charge on any atom is -0.506 e. The average Bonchev–Trinajstić information content (AvgIpc) is 2.08. The van der Waals surface area contributed by atoms with Gasteiger partial charge in [-0.2, -0.15) is 0 Å². The van der Waals surface area contributed by atoms with E-state index in [1.807, 2.05) is 0 Å². The van der Waals surface area contributed by atoms with Gasteiger partial charge in [-0.15, -0.1) is 0 Å². The Kier molecular flexibility index (Phi) is 3.32. The lowest BCUT2D eigenvalue weighted by Crippen LogP contribution is -1.83. The van der Waals surface area contributed by atoms with Crippen LogP contribution in [0.3, 0.4) is 0 Å². The number of halogens is 4. The lowest BCUT2D eigenvalue weighted by atomic mass is 10.2. The molecule has 0 atom stereocenters. The molecule has 1 N–H and O–H groups in total. The van der Waals surface area contributed by atoms with Crippen molar-refractivity contribution in [1.82, 2.24) is 0 Å². The highest BCUT2D eigenvalue weighted by Gasteiger charge is 2.15. The summed E-state index contributed by atoms with van der Waals surface area (Å²) in [5.74, 6) is 0.0109. The van der Waals surface area contributed by atoms with E-state index in [0.717, 1.165) is 4.47 Å². The van der Waals surface area contributed by atoms with Crippen LogP contribution < -0.4 is 0 Å². The number of phenolic OH excluding ortho intramolecular Hbond substituents is 1. The van der Waals surface area contributed by atoms with Crippen LogP contribution in [0.1, 0.15) is 5.56 Å². The molecule has 0 saturated heterocycles. The third kappa shape index (κ3) is 1.60. The third-order valence-electron chi connectivity index (χ3n) is 1.47. The average molecular weight is 335 g/mol. The topological polar surface area (TPSA) is 20.2 Å². The first-order chi connectivity index (χ1) is 5.46. The van der Waals surface area contributed by atoms with Crippen LogP contribution in [0, 0.1) is 6.92 Å². The molecule has 0 aliphatic rings. The van der Waals surface area contributed by atoms with Gasteiger partial charge >= 0.3 is 0 Å². The maximum absolute atomic E-state index is 9.43. The first-order valence-corrected chi connectivity index (χ1v) is 5.32. The minimum atomic E-state index is 0.0109. The zero-order valence-corrected chi connectivity index (χ0v) is 10.6. The molecule has 0 aliphatic carbocycles. The van der Waals surface area contributed by atoms with E-state index in [0.29, 0.717) is 15.1 Å². The second-order valence-electron chi connectivity index (χ2n) is 2.23. The molecule has 0 fully saturated rings. The predicted octanol–water partition coefficient (Wildman–Crippen LogP) is 4.53. The van der Waals surface area contributed by atoms with Crippen molar-refractivity contribution in [2.45, 2.75) is 6.92 Å². The van der Waals surface area contributed by atoms with Gasteiger partial charge in [0.15, 0.2) is 0 Å². The first-order valence-electron chi connectivity index (χ1n) is 2.98. The number of hydrogen-bond donors (Lipinski definition) is 1. The van der Waals surface area contributed by atoms with Crippen molar-refractivity contribution < 1.29 is 5.11 Å². The molecular formula is C7H4Br2Cl2O. The Morgan fingerprint density at radius 3 is 2.08 bits per heavy atom. The van der Waals surface area contributed by atoms with Gasteiger partial charge in [0.25, 0.3) is 0 Å². The summed E-state index contributed by atoms with van der Waals surface area (Å²) in [6, 6.07) is 0. The van der Waals surface area contributed by atoms with E-state index in [4.69, 9.17) is 23.2 Å². The van der Waals surface area contributed by atoms with Gasteiger partial charge < -0.3 is 5.11 Å². The predicted molar refractivity (Wildman–Crippen MR) is 58.3 cm³/mol. The minimum absolute atomic E-state index is 0.0109. The van der Waals surface area contributed by atoms with Crippen molar-refractivity contribution >= 4 is 55.1 Å². The van der Waals surface area contributed by atoms with Crippen molar-refractivity contribution in [1.29, 1.82) is 0 Å². The summed E-state index contributed by atoms with van der Waals surface area (Å²) < 4.78 is 1.37. The molecule has 0 heterocycles. The monoisotopic (exact) mass is 332 g/mol. The summed E-state index contributed by atoms with van der Waals surface area (Å²) in [4.78, 5) is 0. The number of benzene rings is 1. The van der Waals surface area contributed by atoms with Crippen LogP contribution >= 0.6 is 55.1 Å². The summed E-state index contributed by atoms with van der Waals surface area (Å²) in [6.45, 7) is 1.74. The van der Waals surface area contributed by atoms with Crippen LogP contribution in [0.25, 0.3) is 0 Å². The molecule has 1 aromatic rings. The third-order valence-corrected chi connectivity index (χ3v) is 4.86. The second-order valence-corrected chi connectivity index (χ2v) is 4.57. The number of phenols is 1. The van der Waals surface area contributed by atoms with Crippen LogP contribution in [-0.2, 0) is 0 Å². The van der Waals surface area contributed by atoms with Gasteiger partial charge in [-0.25, -0.2) is 0 Å². The summed E-state index contributed by atoms with van der Waals surface area (Å²) in [6.07, 6.45) is 0. The fourth-order valence-corrected chi connectivity index (χ4v) is 2.26. The molecule has 0 aromatic heterocycles. The van der Waals surface area contributed by atoms with E-state index in [2.05, 4.69) is 31.9 Å². The summed E-state index contributed by atoms with van der Waals surface area (Å²) in [5.41, 5.74) is 0.663. The van der Waals surface area contributed by atoms with E-state index < -0.39 is 0 Å². The molecule has 0 saturated carbocycles. The largest absolute Gasteiger partial charge is 0.506 e. The van der Waals surface area contributed by atoms with Gasteiger partial charge in [-0.05, 0) is 38.8 Å². The summed E-state index contributed by atoms with van der Waals surface area (Å²) >= 11 is 18.0. The molecule has 0 amide bonds. The van der Waals surface area contributed by atoms with Crippen molar-refractivity contribution in [3.63, 3.8) is 0 Å². The Hall–Kier alpha value is 0.560. The van der Waals surface area contributed by atoms with Crippen molar-refractivity contribution in [2.24, 2.45) is 0 Å². The molecule has 1 nitrogen and oxygen atoms in total. The molecule has 66 valence electrons. The van der Waals surface area contributed by atoms with Gasteiger partial charge in [-0.3, -0.25) is 0 Å². The second kappa shape index (κ2) is 3.74. The van der Waals surface area contributed by atoms with Gasteiger partial charge in [-0.1, -0.05) is 23.2 Å². The molecule has 0 bridgehead atoms. The molecule has 0 radical (unpaired) electrons. The van der Waals surface area contributed by atoms with E-state index in [1.165, 1.54) is 0 Å². The molecule has 0 aliphatic heterocycles. The van der Waals surface area contributed by atoms with Gasteiger partial charge in [0.1, 0.15) is 10.8 Å². The van der Waals surface area contributed by atoms with Crippen LogP contribution in [-0.4, -0.2) is 5.11 Å². The standard InChI is InChI=1S/C7H4Br2Cl2O/c1-2-3(8)4(9)5(10)6(11)7(2)12/h12H,1H3. The zero-order valence-electron chi connectivity index (χ0n) is 5.96. The van der Waals surface area contributed by atoms with Crippen LogP contribution in [0.5, 0.6) is 5.75 Å². The van der Waals surface area contributed by atoms with Gasteiger partial charge in [0.05, 0.1) is 9.50 Å². The van der Waals surface area contributed by atoms with Crippen molar-refractivity contribution in [2.75, 3.05) is 0 Å². The Labute approximate surface area is 96.9 Å². The summed E-state index contributed by atoms with van der Waals surface area (Å²) in [7, 11) is 0. The lowest BCUT2D eigenvalue weighted by Gasteiger charge is -2.08. The number of rotatable bonds is 0. The number of hydrogen-bond acceptors (Lipinski definition) is 1. The highest BCUT2D eigenvalue weighted by molar-refractivity contribution is 9.13. The summed E-state index contributed by atoms with van der Waals surface area (Å²) in [5, 5.41) is 9.91. The molecule has 0 spiro atoms. The Morgan fingerprint density at radius 1 is 1.08 bits per heavy atom. The van der Waals surface area contributed by atoms with E-state index >= 15 is 0 Å². The highest BCUT2D eigenvalue weighted by Crippen LogP contribution is 2.44. The highest BCUT2D eigenvalue weighted by atomic mass is 79.9. The molecular weight excluding hydrogens is 331 g/mol. The lowest BCUT2D eigenvalue weighted by molar-refractivity contribution is 0.471. The maximum atomic E-state index is 9.43. The zero-order chi connectivity index (χ0) is 9.46. The van der Waals surface area contributed by atoms with Crippen LogP contribution in [0.4, 0.5) is 0 Å². The van der Waals surface area contributed by atoms with Gasteiger partial charge in [0, 0.05) is 10.0 Å². The van der Waals surface area contributed by atoms with E-state index in [-0.39, 0.29) is 10.8 Å². The smallest absolute Gasteiger partial charge is 0.139 e. The van der Waals surface area contributed by atoms with Crippen LogP contribution in [0.2, 0.25) is 10.0 Å². The van der Waals surface area contributed by atoms with E-state index in [9.17, 15) is 5.11 Å². The number of aromatic hydroxyl groups is 1.